The van der Waals surface area contributed by atoms with Gasteiger partial charge in [0.15, 0.2) is 0 Å². The van der Waals surface area contributed by atoms with E-state index >= 15 is 0 Å². The molecule has 1 saturated heterocycles. The van der Waals surface area contributed by atoms with Crippen molar-refractivity contribution < 1.29 is 15.0 Å². The molecule has 1 atom stereocenters. The molecule has 0 saturated carbocycles. The predicted molar refractivity (Wildman–Crippen MR) is 99.6 cm³/mol. The molecule has 0 aromatic heterocycles. The normalized spacial score (nSPS) is 20.8. The Bertz CT molecular complexity index is 752. The fourth-order valence-corrected chi connectivity index (χ4v) is 3.85. The van der Waals surface area contributed by atoms with Crippen LogP contribution >= 0.6 is 0 Å². The van der Waals surface area contributed by atoms with E-state index < -0.39 is 0 Å². The van der Waals surface area contributed by atoms with E-state index in [-0.39, 0.29) is 23.7 Å². The van der Waals surface area contributed by atoms with Crippen LogP contribution in [0.15, 0.2) is 36.4 Å². The lowest BCUT2D eigenvalue weighted by molar-refractivity contribution is -0.135. The number of benzene rings is 2. The first kappa shape index (κ1) is 17.7. The molecule has 0 bridgehead atoms. The fourth-order valence-electron chi connectivity index (χ4n) is 3.85. The Morgan fingerprint density at radius 2 is 2.04 bits per heavy atom. The van der Waals surface area contributed by atoms with Crippen LogP contribution in [0.5, 0.6) is 5.75 Å². The summed E-state index contributed by atoms with van der Waals surface area (Å²) in [6, 6.07) is 11.6. The predicted octanol–water partition coefficient (Wildman–Crippen LogP) is 3.49. The van der Waals surface area contributed by atoms with Gasteiger partial charge < -0.3 is 15.1 Å². The van der Waals surface area contributed by atoms with Crippen LogP contribution < -0.4 is 0 Å². The molecular formula is C21H27NO3. The smallest absolute Gasteiger partial charge is 0.222 e. The zero-order valence-electron chi connectivity index (χ0n) is 14.9. The molecule has 3 rings (SSSR count). The van der Waals surface area contributed by atoms with Gasteiger partial charge in [-0.15, -0.1) is 0 Å². The number of aryl methyl sites for hydroxylation is 1. The zero-order chi connectivity index (χ0) is 17.9. The van der Waals surface area contributed by atoms with Crippen molar-refractivity contribution in [3.05, 3.63) is 42.0 Å². The van der Waals surface area contributed by atoms with Crippen molar-refractivity contribution in [2.45, 2.75) is 39.0 Å². The third-order valence-electron chi connectivity index (χ3n) is 5.69. The number of likely N-dealkylation sites (tertiary alicyclic amines) is 1. The number of nitrogens with zero attached hydrogens (tertiary/aromatic N) is 1. The van der Waals surface area contributed by atoms with E-state index in [9.17, 15) is 15.0 Å². The Morgan fingerprint density at radius 3 is 2.80 bits per heavy atom. The van der Waals surface area contributed by atoms with Crippen LogP contribution in [0.3, 0.4) is 0 Å². The SMILES string of the molecule is CCC1(CO)CCCN(C(=O)CCc2ccc3ccccc3c2O)C1. The van der Waals surface area contributed by atoms with Gasteiger partial charge >= 0.3 is 0 Å². The number of hydrogen-bond acceptors (Lipinski definition) is 3. The molecule has 1 aliphatic rings. The van der Waals surface area contributed by atoms with Crippen molar-refractivity contribution in [2.75, 3.05) is 19.7 Å². The van der Waals surface area contributed by atoms with Crippen molar-refractivity contribution in [2.24, 2.45) is 5.41 Å². The van der Waals surface area contributed by atoms with Crippen molar-refractivity contribution >= 4 is 16.7 Å². The van der Waals surface area contributed by atoms with E-state index in [4.69, 9.17) is 0 Å². The zero-order valence-corrected chi connectivity index (χ0v) is 14.9. The van der Waals surface area contributed by atoms with Gasteiger partial charge in [-0.2, -0.15) is 0 Å². The summed E-state index contributed by atoms with van der Waals surface area (Å²) < 4.78 is 0. The van der Waals surface area contributed by atoms with Gasteiger partial charge in [-0.1, -0.05) is 43.3 Å². The first-order valence-electron chi connectivity index (χ1n) is 9.17. The molecule has 1 aliphatic heterocycles. The third kappa shape index (κ3) is 3.64. The maximum atomic E-state index is 12.6. The van der Waals surface area contributed by atoms with Gasteiger partial charge in [0, 0.05) is 30.3 Å². The highest BCUT2D eigenvalue weighted by molar-refractivity contribution is 5.89. The summed E-state index contributed by atoms with van der Waals surface area (Å²) >= 11 is 0. The fraction of sp³-hybridized carbons (Fsp3) is 0.476. The van der Waals surface area contributed by atoms with Crippen LogP contribution in [0.2, 0.25) is 0 Å². The van der Waals surface area contributed by atoms with Crippen molar-refractivity contribution in [3.63, 3.8) is 0 Å². The number of rotatable bonds is 5. The average molecular weight is 341 g/mol. The maximum Gasteiger partial charge on any atom is 0.222 e. The molecule has 134 valence electrons. The van der Waals surface area contributed by atoms with Crippen LogP contribution in [0.1, 0.15) is 38.2 Å². The van der Waals surface area contributed by atoms with E-state index in [0.717, 1.165) is 42.1 Å². The number of aliphatic hydroxyl groups excluding tert-OH is 1. The average Bonchev–Trinajstić information content (AvgIpc) is 2.67. The van der Waals surface area contributed by atoms with Gasteiger partial charge in [-0.25, -0.2) is 0 Å². The maximum absolute atomic E-state index is 12.6. The van der Waals surface area contributed by atoms with Gasteiger partial charge in [-0.3, -0.25) is 4.79 Å². The van der Waals surface area contributed by atoms with Crippen molar-refractivity contribution in [3.8, 4) is 5.75 Å². The highest BCUT2D eigenvalue weighted by Crippen LogP contribution is 2.33. The molecular weight excluding hydrogens is 314 g/mol. The van der Waals surface area contributed by atoms with Crippen LogP contribution in [-0.2, 0) is 11.2 Å². The molecule has 2 N–H and O–H groups in total. The summed E-state index contributed by atoms with van der Waals surface area (Å²) in [5.74, 6) is 0.390. The number of aromatic hydroxyl groups is 1. The standard InChI is InChI=1S/C21H27NO3/c1-2-21(15-23)12-5-13-22(14-21)19(24)11-10-17-9-8-16-6-3-4-7-18(16)20(17)25/h3-4,6-9,23,25H,2,5,10-15H2,1H3. The number of aliphatic hydroxyl groups is 1. The number of fused-ring (bicyclic) bond motifs is 1. The molecule has 1 fully saturated rings. The Kier molecular flexibility index (Phi) is 5.28. The number of phenols is 1. The van der Waals surface area contributed by atoms with E-state index in [1.54, 1.807) is 0 Å². The number of phenolic OH excluding ortho intramolecular Hbond substituents is 1. The van der Waals surface area contributed by atoms with Crippen molar-refractivity contribution in [1.29, 1.82) is 0 Å². The van der Waals surface area contributed by atoms with Gasteiger partial charge in [-0.05, 0) is 36.6 Å². The summed E-state index contributed by atoms with van der Waals surface area (Å²) in [6.07, 6.45) is 3.73. The van der Waals surface area contributed by atoms with E-state index in [1.807, 2.05) is 41.3 Å². The van der Waals surface area contributed by atoms with Crippen LogP contribution in [-0.4, -0.2) is 40.7 Å². The summed E-state index contributed by atoms with van der Waals surface area (Å²) in [6.45, 7) is 3.63. The molecule has 1 heterocycles. The molecule has 25 heavy (non-hydrogen) atoms. The van der Waals surface area contributed by atoms with E-state index in [0.29, 0.717) is 19.4 Å². The van der Waals surface area contributed by atoms with Crippen LogP contribution in [0.4, 0.5) is 0 Å². The molecule has 1 amide bonds. The monoisotopic (exact) mass is 341 g/mol. The second-order valence-electron chi connectivity index (χ2n) is 7.22. The van der Waals surface area contributed by atoms with Gasteiger partial charge in [0.05, 0.1) is 6.61 Å². The molecule has 2 aromatic carbocycles. The Morgan fingerprint density at radius 1 is 1.24 bits per heavy atom. The molecule has 2 aromatic rings. The summed E-state index contributed by atoms with van der Waals surface area (Å²) in [7, 11) is 0. The van der Waals surface area contributed by atoms with Crippen LogP contribution in [0.25, 0.3) is 10.8 Å². The Hall–Kier alpha value is -2.07. The topological polar surface area (TPSA) is 60.8 Å². The summed E-state index contributed by atoms with van der Waals surface area (Å²) in [5, 5.41) is 22.0. The largest absolute Gasteiger partial charge is 0.507 e. The summed E-state index contributed by atoms with van der Waals surface area (Å²) in [4.78, 5) is 14.5. The minimum atomic E-state index is -0.140. The highest BCUT2D eigenvalue weighted by atomic mass is 16.3. The molecule has 0 spiro atoms. The number of hydrogen-bond donors (Lipinski definition) is 2. The molecule has 0 radical (unpaired) electrons. The van der Waals surface area contributed by atoms with Gasteiger partial charge in [0.25, 0.3) is 0 Å². The molecule has 4 nitrogen and oxygen atoms in total. The van der Waals surface area contributed by atoms with E-state index in [2.05, 4.69) is 6.92 Å². The minimum absolute atomic E-state index is 0.110. The lowest BCUT2D eigenvalue weighted by Gasteiger charge is -2.41. The number of carbonyl (C=O) groups excluding carboxylic acids is 1. The van der Waals surface area contributed by atoms with Crippen LogP contribution in [0, 0.1) is 5.41 Å². The van der Waals surface area contributed by atoms with Gasteiger partial charge in [0.1, 0.15) is 5.75 Å². The first-order chi connectivity index (χ1) is 12.1. The Labute approximate surface area is 149 Å². The van der Waals surface area contributed by atoms with Crippen molar-refractivity contribution in [1.82, 2.24) is 4.90 Å². The molecule has 0 aliphatic carbocycles. The quantitative estimate of drug-likeness (QED) is 0.875. The molecule has 1 unspecified atom stereocenters. The molecule has 4 heteroatoms. The second kappa shape index (κ2) is 7.44. The minimum Gasteiger partial charge on any atom is -0.507 e. The summed E-state index contributed by atoms with van der Waals surface area (Å²) in [5.41, 5.74) is 0.673. The third-order valence-corrected chi connectivity index (χ3v) is 5.69. The van der Waals surface area contributed by atoms with Gasteiger partial charge in [0.2, 0.25) is 5.91 Å². The highest BCUT2D eigenvalue weighted by Gasteiger charge is 2.34. The first-order valence-corrected chi connectivity index (χ1v) is 9.17. The lowest BCUT2D eigenvalue weighted by atomic mass is 9.78. The second-order valence-corrected chi connectivity index (χ2v) is 7.22. The van der Waals surface area contributed by atoms with E-state index in [1.165, 1.54) is 0 Å². The lowest BCUT2D eigenvalue weighted by Crippen LogP contribution is -2.47. The Balaban J connectivity index is 1.67. The number of carbonyl (C=O) groups is 1. The number of amides is 1. The number of piperidine rings is 1.